The van der Waals surface area contributed by atoms with E-state index in [-0.39, 0.29) is 36.8 Å². The van der Waals surface area contributed by atoms with Gasteiger partial charge in [-0.05, 0) is 48.9 Å². The van der Waals surface area contributed by atoms with Gasteiger partial charge in [-0.3, -0.25) is 14.6 Å². The van der Waals surface area contributed by atoms with Crippen molar-refractivity contribution in [2.75, 3.05) is 66.8 Å². The Labute approximate surface area is 282 Å². The molecule has 3 heterocycles. The molecule has 0 spiro atoms. The third-order valence-electron chi connectivity index (χ3n) is 9.32. The minimum Gasteiger partial charge on any atom is -0.481 e. The zero-order valence-corrected chi connectivity index (χ0v) is 28.6. The second-order valence-electron chi connectivity index (χ2n) is 12.5. The summed E-state index contributed by atoms with van der Waals surface area (Å²) in [7, 11) is 3.02. The number of hydrogen-bond donors (Lipinski definition) is 1. The SMILES string of the molecule is COc1nc(OCC2(OCCCN3CCOCC3)C=CC=C(c3ccccc3)C2(Cl)C(C)C)nc(OC)c1CN1CCC[C@H]1C(=O)O. The Morgan fingerprint density at radius 3 is 2.45 bits per heavy atom. The molecule has 0 saturated carbocycles. The number of carboxylic acids is 1. The van der Waals surface area contributed by atoms with Crippen LogP contribution in [0.2, 0.25) is 0 Å². The molecule has 2 aromatic rings. The van der Waals surface area contributed by atoms with Gasteiger partial charge in [-0.1, -0.05) is 56.3 Å². The minimum absolute atomic E-state index is 0.0196. The summed E-state index contributed by atoms with van der Waals surface area (Å²) in [6.07, 6.45) is 8.21. The van der Waals surface area contributed by atoms with E-state index in [0.29, 0.717) is 25.1 Å². The van der Waals surface area contributed by atoms with E-state index in [1.807, 2.05) is 35.3 Å². The van der Waals surface area contributed by atoms with Crippen LogP contribution in [0.4, 0.5) is 0 Å². The van der Waals surface area contributed by atoms with Gasteiger partial charge in [0.05, 0.1) is 33.0 Å². The second kappa shape index (κ2) is 15.8. The van der Waals surface area contributed by atoms with Crippen LogP contribution in [0.25, 0.3) is 5.57 Å². The fourth-order valence-electron chi connectivity index (χ4n) is 6.84. The number of alkyl halides is 1. The highest BCUT2D eigenvalue weighted by Gasteiger charge is 2.56. The number of carboxylic acid groups (broad SMARTS) is 1. The van der Waals surface area contributed by atoms with Crippen LogP contribution in [0.15, 0.2) is 48.6 Å². The number of likely N-dealkylation sites (tertiary alicyclic amines) is 1. The van der Waals surface area contributed by atoms with Crippen molar-refractivity contribution in [2.45, 2.75) is 56.2 Å². The maximum absolute atomic E-state index is 11.8. The van der Waals surface area contributed by atoms with Gasteiger partial charge in [0.1, 0.15) is 23.1 Å². The van der Waals surface area contributed by atoms with Crippen molar-refractivity contribution in [3.63, 3.8) is 0 Å². The predicted molar refractivity (Wildman–Crippen MR) is 179 cm³/mol. The fraction of sp³-hybridized carbons (Fsp3) is 0.571. The number of allylic oxidation sites excluding steroid dienone is 2. The molecule has 47 heavy (non-hydrogen) atoms. The highest BCUT2D eigenvalue weighted by molar-refractivity contribution is 6.32. The topological polar surface area (TPSA) is 116 Å². The molecule has 1 aromatic heterocycles. The lowest BCUT2D eigenvalue weighted by atomic mass is 9.69. The number of carbonyl (C=O) groups is 1. The lowest BCUT2D eigenvalue weighted by molar-refractivity contribution is -0.142. The van der Waals surface area contributed by atoms with Crippen LogP contribution < -0.4 is 14.2 Å². The number of ether oxygens (including phenoxy) is 5. The largest absolute Gasteiger partial charge is 0.481 e. The highest BCUT2D eigenvalue weighted by atomic mass is 35.5. The first-order valence-corrected chi connectivity index (χ1v) is 16.8. The fourth-order valence-corrected chi connectivity index (χ4v) is 7.19. The Kier molecular flexibility index (Phi) is 11.8. The van der Waals surface area contributed by atoms with Crippen molar-refractivity contribution in [3.8, 4) is 17.8 Å². The molecule has 12 heteroatoms. The molecule has 3 aliphatic rings. The average Bonchev–Trinajstić information content (AvgIpc) is 3.56. The number of nitrogens with zero attached hydrogens (tertiary/aromatic N) is 4. The molecule has 1 aliphatic carbocycles. The maximum Gasteiger partial charge on any atom is 0.323 e. The first-order valence-electron chi connectivity index (χ1n) is 16.4. The van der Waals surface area contributed by atoms with Crippen LogP contribution in [0.3, 0.4) is 0 Å². The third kappa shape index (κ3) is 7.60. The first-order chi connectivity index (χ1) is 22.7. The van der Waals surface area contributed by atoms with Crippen LogP contribution in [0.1, 0.15) is 44.2 Å². The van der Waals surface area contributed by atoms with Gasteiger partial charge in [0, 0.05) is 32.8 Å². The number of hydrogen-bond acceptors (Lipinski definition) is 10. The molecule has 2 aliphatic heterocycles. The molecule has 2 saturated heterocycles. The molecular formula is C35H47ClN4O7. The number of aliphatic carboxylic acids is 1. The van der Waals surface area contributed by atoms with Gasteiger partial charge in [0.15, 0.2) is 0 Å². The van der Waals surface area contributed by atoms with Gasteiger partial charge < -0.3 is 28.8 Å². The smallest absolute Gasteiger partial charge is 0.323 e. The second-order valence-corrected chi connectivity index (χ2v) is 13.1. The zero-order valence-electron chi connectivity index (χ0n) is 27.8. The molecule has 2 fully saturated rings. The lowest BCUT2D eigenvalue weighted by Crippen LogP contribution is -2.59. The molecule has 1 N–H and O–H groups in total. The quantitative estimate of drug-likeness (QED) is 0.210. The Morgan fingerprint density at radius 2 is 1.81 bits per heavy atom. The Balaban J connectivity index is 1.43. The summed E-state index contributed by atoms with van der Waals surface area (Å²) in [5.41, 5.74) is 1.43. The Hall–Kier alpha value is -3.22. The van der Waals surface area contributed by atoms with Crippen LogP contribution in [-0.4, -0.2) is 114 Å². The summed E-state index contributed by atoms with van der Waals surface area (Å²) in [5, 5.41) is 9.70. The van der Waals surface area contributed by atoms with Crippen LogP contribution in [-0.2, 0) is 20.8 Å². The van der Waals surface area contributed by atoms with Gasteiger partial charge in [-0.2, -0.15) is 9.97 Å². The van der Waals surface area contributed by atoms with E-state index in [1.165, 1.54) is 14.2 Å². The molecule has 2 unspecified atom stereocenters. The standard InChI is InChI=1S/C35H47ClN4O7/c1-25(2)35(36)28(26-11-6-5-7-12-26)13-8-15-34(35,47-20-10-16-39-18-21-45-22-19-39)24-46-33-37-30(43-3)27(31(38-33)44-4)23-40-17-9-14-29(40)32(41)42/h5-8,11-13,15,25,29H,9-10,14,16-24H2,1-4H3,(H,41,42)/t29-,34?,35?/m0/s1. The maximum atomic E-state index is 11.8. The first kappa shape index (κ1) is 35.1. The summed E-state index contributed by atoms with van der Waals surface area (Å²) in [6, 6.07) is 9.56. The zero-order chi connectivity index (χ0) is 33.4. The van der Waals surface area contributed by atoms with E-state index < -0.39 is 22.5 Å². The van der Waals surface area contributed by atoms with E-state index in [0.717, 1.165) is 56.8 Å². The van der Waals surface area contributed by atoms with Crippen molar-refractivity contribution in [1.82, 2.24) is 19.8 Å². The molecule has 5 rings (SSSR count). The number of morpholine rings is 1. The molecule has 0 radical (unpaired) electrons. The van der Waals surface area contributed by atoms with Crippen molar-refractivity contribution in [2.24, 2.45) is 5.92 Å². The number of methoxy groups -OCH3 is 2. The van der Waals surface area contributed by atoms with Crippen LogP contribution in [0, 0.1) is 5.92 Å². The van der Waals surface area contributed by atoms with Crippen molar-refractivity contribution < 1.29 is 33.6 Å². The summed E-state index contributed by atoms with van der Waals surface area (Å²) in [5.74, 6) is -0.393. The van der Waals surface area contributed by atoms with Gasteiger partial charge in [0.2, 0.25) is 11.8 Å². The summed E-state index contributed by atoms with van der Waals surface area (Å²) < 4.78 is 30.1. The summed E-state index contributed by atoms with van der Waals surface area (Å²) >= 11 is 7.81. The minimum atomic E-state index is -1.08. The Morgan fingerprint density at radius 1 is 1.11 bits per heavy atom. The third-order valence-corrected chi connectivity index (χ3v) is 10.3. The van der Waals surface area contributed by atoms with E-state index >= 15 is 0 Å². The van der Waals surface area contributed by atoms with Crippen molar-refractivity contribution >= 4 is 23.1 Å². The van der Waals surface area contributed by atoms with Gasteiger partial charge in [0.25, 0.3) is 0 Å². The summed E-state index contributed by atoms with van der Waals surface area (Å²) in [4.78, 5) is 24.3. The molecule has 3 atom stereocenters. The normalized spacial score (nSPS) is 25.1. The number of benzene rings is 1. The molecular weight excluding hydrogens is 624 g/mol. The average molecular weight is 671 g/mol. The van der Waals surface area contributed by atoms with E-state index in [2.05, 4.69) is 46.9 Å². The van der Waals surface area contributed by atoms with E-state index in [9.17, 15) is 9.90 Å². The molecule has 11 nitrogen and oxygen atoms in total. The predicted octanol–water partition coefficient (Wildman–Crippen LogP) is 4.69. The van der Waals surface area contributed by atoms with E-state index in [1.54, 1.807) is 0 Å². The highest BCUT2D eigenvalue weighted by Crippen LogP contribution is 2.52. The molecule has 1 aromatic carbocycles. The molecule has 256 valence electrons. The van der Waals surface area contributed by atoms with Gasteiger partial charge >= 0.3 is 12.0 Å². The number of rotatable bonds is 15. The van der Waals surface area contributed by atoms with Gasteiger partial charge in [-0.25, -0.2) is 0 Å². The number of halogens is 1. The van der Waals surface area contributed by atoms with Crippen LogP contribution in [0.5, 0.6) is 17.8 Å². The molecule has 0 amide bonds. The van der Waals surface area contributed by atoms with E-state index in [4.69, 9.17) is 35.3 Å². The van der Waals surface area contributed by atoms with Crippen molar-refractivity contribution in [3.05, 3.63) is 59.7 Å². The van der Waals surface area contributed by atoms with Gasteiger partial charge in [-0.15, -0.1) is 11.6 Å². The summed E-state index contributed by atoms with van der Waals surface area (Å²) in [6.45, 7) is 9.77. The Bertz CT molecular complexity index is 1390. The molecule has 0 bridgehead atoms. The monoisotopic (exact) mass is 670 g/mol. The van der Waals surface area contributed by atoms with Crippen molar-refractivity contribution in [1.29, 1.82) is 0 Å². The number of aromatic nitrogens is 2. The lowest BCUT2D eigenvalue weighted by Gasteiger charge is -2.49. The van der Waals surface area contributed by atoms with Crippen LogP contribution >= 0.6 is 11.6 Å².